The molecule has 1 aliphatic rings. The van der Waals surface area contributed by atoms with E-state index in [4.69, 9.17) is 4.74 Å². The van der Waals surface area contributed by atoms with Gasteiger partial charge in [0.2, 0.25) is 0 Å². The third kappa shape index (κ3) is 3.28. The molecule has 1 aliphatic carbocycles. The molecule has 0 radical (unpaired) electrons. The van der Waals surface area contributed by atoms with Crippen LogP contribution >= 0.6 is 0 Å². The zero-order chi connectivity index (χ0) is 10.4. The molecule has 0 amide bonds. The van der Waals surface area contributed by atoms with Crippen LogP contribution in [0.5, 0.6) is 0 Å². The fourth-order valence-corrected chi connectivity index (χ4v) is 1.65. The highest BCUT2D eigenvalue weighted by Gasteiger charge is 2.34. The summed E-state index contributed by atoms with van der Waals surface area (Å²) >= 11 is 0. The van der Waals surface area contributed by atoms with Gasteiger partial charge in [0.25, 0.3) is 0 Å². The third-order valence-electron chi connectivity index (χ3n) is 2.83. The van der Waals surface area contributed by atoms with E-state index in [2.05, 4.69) is 18.3 Å². The molecule has 14 heavy (non-hydrogen) atoms. The van der Waals surface area contributed by atoms with Crippen LogP contribution in [0.1, 0.15) is 39.0 Å². The Morgan fingerprint density at radius 3 is 2.71 bits per heavy atom. The molecule has 0 bridgehead atoms. The maximum absolute atomic E-state index is 9.20. The van der Waals surface area contributed by atoms with Crippen LogP contribution < -0.4 is 5.32 Å². The van der Waals surface area contributed by atoms with Crippen LogP contribution in [0.4, 0.5) is 0 Å². The van der Waals surface area contributed by atoms with Gasteiger partial charge < -0.3 is 4.74 Å². The Labute approximate surface area is 86.4 Å². The van der Waals surface area contributed by atoms with E-state index in [1.807, 2.05) is 0 Å². The predicted molar refractivity (Wildman–Crippen MR) is 55.9 cm³/mol. The van der Waals surface area contributed by atoms with Gasteiger partial charge >= 0.3 is 0 Å². The zero-order valence-corrected chi connectivity index (χ0v) is 9.18. The zero-order valence-electron chi connectivity index (χ0n) is 9.18. The summed E-state index contributed by atoms with van der Waals surface area (Å²) in [6.45, 7) is 2.82. The summed E-state index contributed by atoms with van der Waals surface area (Å²) in [5, 5.41) is 12.6. The molecule has 1 atom stereocenters. The predicted octanol–water partition coefficient (Wildman–Crippen LogP) is 1.84. The average molecular weight is 196 g/mol. The maximum atomic E-state index is 9.20. The second kappa shape index (κ2) is 5.33. The first kappa shape index (κ1) is 11.5. The molecule has 1 saturated carbocycles. The standard InChI is InChI=1S/C11H20N2O/c1-3-11(9-12,7-4-8-14-2)13-10-5-6-10/h10,13H,3-8H2,1-2H3. The van der Waals surface area contributed by atoms with Crippen molar-refractivity contribution >= 4 is 0 Å². The summed E-state index contributed by atoms with van der Waals surface area (Å²) in [6.07, 6.45) is 5.19. The normalized spacial score (nSPS) is 20.1. The highest BCUT2D eigenvalue weighted by molar-refractivity contribution is 5.09. The van der Waals surface area contributed by atoms with Gasteiger partial charge in [0.15, 0.2) is 0 Å². The van der Waals surface area contributed by atoms with Crippen LogP contribution in [-0.2, 0) is 4.74 Å². The summed E-state index contributed by atoms with van der Waals surface area (Å²) < 4.78 is 5.01. The second-order valence-electron chi connectivity index (χ2n) is 4.06. The lowest BCUT2D eigenvalue weighted by Crippen LogP contribution is -2.44. The van der Waals surface area contributed by atoms with E-state index in [9.17, 15) is 5.26 Å². The van der Waals surface area contributed by atoms with Crippen molar-refractivity contribution in [2.24, 2.45) is 0 Å². The van der Waals surface area contributed by atoms with Gasteiger partial charge in [0, 0.05) is 19.8 Å². The van der Waals surface area contributed by atoms with Gasteiger partial charge in [-0.25, -0.2) is 0 Å². The molecule has 1 rings (SSSR count). The summed E-state index contributed by atoms with van der Waals surface area (Å²) in [6, 6.07) is 3.02. The van der Waals surface area contributed by atoms with Crippen molar-refractivity contribution in [2.75, 3.05) is 13.7 Å². The number of hydrogen-bond acceptors (Lipinski definition) is 3. The number of nitriles is 1. The Morgan fingerprint density at radius 1 is 1.57 bits per heavy atom. The van der Waals surface area contributed by atoms with Crippen molar-refractivity contribution in [1.82, 2.24) is 5.32 Å². The van der Waals surface area contributed by atoms with E-state index < -0.39 is 0 Å². The van der Waals surface area contributed by atoms with Gasteiger partial charge in [-0.3, -0.25) is 5.32 Å². The number of nitrogens with zero attached hydrogens (tertiary/aromatic N) is 1. The first-order chi connectivity index (χ1) is 6.76. The van der Waals surface area contributed by atoms with Crippen LogP contribution in [0, 0.1) is 11.3 Å². The van der Waals surface area contributed by atoms with Gasteiger partial charge in [0.05, 0.1) is 6.07 Å². The van der Waals surface area contributed by atoms with E-state index in [0.29, 0.717) is 6.04 Å². The monoisotopic (exact) mass is 196 g/mol. The largest absolute Gasteiger partial charge is 0.385 e. The van der Waals surface area contributed by atoms with Crippen LogP contribution in [0.25, 0.3) is 0 Å². The molecule has 0 heterocycles. The van der Waals surface area contributed by atoms with Gasteiger partial charge in [0.1, 0.15) is 5.54 Å². The summed E-state index contributed by atoms with van der Waals surface area (Å²) in [7, 11) is 1.70. The first-order valence-electron chi connectivity index (χ1n) is 5.44. The van der Waals surface area contributed by atoms with E-state index >= 15 is 0 Å². The van der Waals surface area contributed by atoms with Gasteiger partial charge in [-0.05, 0) is 32.1 Å². The van der Waals surface area contributed by atoms with Crippen molar-refractivity contribution < 1.29 is 4.74 Å². The molecule has 3 nitrogen and oxygen atoms in total. The molecular formula is C11H20N2O. The number of nitrogens with one attached hydrogen (secondary N) is 1. The minimum atomic E-state index is -0.306. The Hall–Kier alpha value is -0.590. The maximum Gasteiger partial charge on any atom is 0.106 e. The SMILES string of the molecule is CCC(C#N)(CCCOC)NC1CC1. The summed E-state index contributed by atoms with van der Waals surface area (Å²) in [5.74, 6) is 0. The Kier molecular flexibility index (Phi) is 4.37. The minimum Gasteiger partial charge on any atom is -0.385 e. The highest BCUT2D eigenvalue weighted by atomic mass is 16.5. The molecule has 0 saturated heterocycles. The minimum absolute atomic E-state index is 0.306. The molecule has 0 aromatic carbocycles. The first-order valence-corrected chi connectivity index (χ1v) is 5.44. The number of ether oxygens (including phenoxy) is 1. The molecule has 80 valence electrons. The second-order valence-corrected chi connectivity index (χ2v) is 4.06. The van der Waals surface area contributed by atoms with Crippen LogP contribution in [0.3, 0.4) is 0 Å². The quantitative estimate of drug-likeness (QED) is 0.632. The number of rotatable bonds is 7. The molecule has 1 unspecified atom stereocenters. The average Bonchev–Trinajstić information content (AvgIpc) is 3.00. The van der Waals surface area contributed by atoms with Crippen molar-refractivity contribution in [3.05, 3.63) is 0 Å². The highest BCUT2D eigenvalue weighted by Crippen LogP contribution is 2.26. The molecule has 0 spiro atoms. The van der Waals surface area contributed by atoms with Crippen molar-refractivity contribution in [2.45, 2.75) is 50.6 Å². The Bertz CT molecular complexity index is 208. The van der Waals surface area contributed by atoms with Gasteiger partial charge in [-0.15, -0.1) is 0 Å². The third-order valence-corrected chi connectivity index (χ3v) is 2.83. The topological polar surface area (TPSA) is 45.0 Å². The Balaban J connectivity index is 2.38. The summed E-state index contributed by atoms with van der Waals surface area (Å²) in [5.41, 5.74) is -0.306. The lowest BCUT2D eigenvalue weighted by molar-refractivity contribution is 0.182. The molecule has 0 aromatic rings. The van der Waals surface area contributed by atoms with Crippen molar-refractivity contribution in [3.63, 3.8) is 0 Å². The molecule has 1 N–H and O–H groups in total. The fourth-order valence-electron chi connectivity index (χ4n) is 1.65. The summed E-state index contributed by atoms with van der Waals surface area (Å²) in [4.78, 5) is 0. The Morgan fingerprint density at radius 2 is 2.29 bits per heavy atom. The lowest BCUT2D eigenvalue weighted by atomic mass is 9.92. The lowest BCUT2D eigenvalue weighted by Gasteiger charge is -2.26. The van der Waals surface area contributed by atoms with E-state index in [1.54, 1.807) is 7.11 Å². The van der Waals surface area contributed by atoms with Gasteiger partial charge in [-0.2, -0.15) is 5.26 Å². The molecule has 1 fully saturated rings. The van der Waals surface area contributed by atoms with E-state index in [-0.39, 0.29) is 5.54 Å². The molecule has 3 heteroatoms. The fraction of sp³-hybridized carbons (Fsp3) is 0.909. The van der Waals surface area contributed by atoms with Crippen LogP contribution in [-0.4, -0.2) is 25.3 Å². The van der Waals surface area contributed by atoms with Crippen LogP contribution in [0.2, 0.25) is 0 Å². The van der Waals surface area contributed by atoms with Gasteiger partial charge in [-0.1, -0.05) is 6.92 Å². The van der Waals surface area contributed by atoms with E-state index in [0.717, 1.165) is 25.9 Å². The van der Waals surface area contributed by atoms with Crippen molar-refractivity contribution in [3.8, 4) is 6.07 Å². The van der Waals surface area contributed by atoms with E-state index in [1.165, 1.54) is 12.8 Å². The van der Waals surface area contributed by atoms with Crippen LogP contribution in [0.15, 0.2) is 0 Å². The molecule has 0 aliphatic heterocycles. The molecule has 0 aromatic heterocycles. The number of methoxy groups -OCH3 is 1. The smallest absolute Gasteiger partial charge is 0.106 e. The molecular weight excluding hydrogens is 176 g/mol. The van der Waals surface area contributed by atoms with Crippen molar-refractivity contribution in [1.29, 1.82) is 5.26 Å². The number of hydrogen-bond donors (Lipinski definition) is 1.